The lowest BCUT2D eigenvalue weighted by Crippen LogP contribution is -2.41. The zero-order valence-corrected chi connectivity index (χ0v) is 8.69. The summed E-state index contributed by atoms with van der Waals surface area (Å²) in [5.74, 6) is 0.184. The highest BCUT2D eigenvalue weighted by molar-refractivity contribution is 7.89. The van der Waals surface area contributed by atoms with Gasteiger partial charge in [-0.1, -0.05) is 6.92 Å². The summed E-state index contributed by atoms with van der Waals surface area (Å²) in [6, 6.07) is 0. The normalized spacial score (nSPS) is 25.7. The largest absolute Gasteiger partial charge is 0.246 e. The minimum atomic E-state index is -3.14. The zero-order valence-electron chi connectivity index (χ0n) is 7.87. The third-order valence-electron chi connectivity index (χ3n) is 2.30. The standard InChI is InChI=1S/C8H16FNO2S/c1-2-8(9)7-10-5-3-4-6-13(10,11)12/h8H,2-7H2,1H3. The maximum Gasteiger partial charge on any atom is 0.214 e. The molecule has 0 N–H and O–H groups in total. The van der Waals surface area contributed by atoms with Crippen molar-refractivity contribution in [3.05, 3.63) is 0 Å². The van der Waals surface area contributed by atoms with Crippen LogP contribution in [-0.2, 0) is 10.0 Å². The minimum absolute atomic E-state index is 0.0405. The molecule has 0 aromatic carbocycles. The Bertz CT molecular complexity index is 253. The Morgan fingerprint density at radius 3 is 2.69 bits per heavy atom. The summed E-state index contributed by atoms with van der Waals surface area (Å²) in [4.78, 5) is 0. The summed E-state index contributed by atoms with van der Waals surface area (Å²) in [6.07, 6.45) is 0.928. The summed E-state index contributed by atoms with van der Waals surface area (Å²) in [7, 11) is -3.14. The van der Waals surface area contributed by atoms with E-state index in [0.717, 1.165) is 6.42 Å². The molecule has 78 valence electrons. The van der Waals surface area contributed by atoms with Crippen LogP contribution in [0.4, 0.5) is 4.39 Å². The molecule has 1 aliphatic rings. The molecule has 1 saturated heterocycles. The molecule has 1 aliphatic heterocycles. The Hall–Kier alpha value is -0.160. The quantitative estimate of drug-likeness (QED) is 0.699. The van der Waals surface area contributed by atoms with E-state index in [1.54, 1.807) is 6.92 Å². The van der Waals surface area contributed by atoms with Crippen molar-refractivity contribution in [2.75, 3.05) is 18.8 Å². The van der Waals surface area contributed by atoms with Gasteiger partial charge in [0.05, 0.1) is 5.75 Å². The average Bonchev–Trinajstić information content (AvgIpc) is 2.08. The third kappa shape index (κ3) is 2.91. The van der Waals surface area contributed by atoms with Gasteiger partial charge in [-0.25, -0.2) is 12.8 Å². The van der Waals surface area contributed by atoms with Crippen molar-refractivity contribution >= 4 is 10.0 Å². The molecule has 0 radical (unpaired) electrons. The van der Waals surface area contributed by atoms with Gasteiger partial charge in [0, 0.05) is 13.1 Å². The maximum atomic E-state index is 13.0. The molecule has 3 nitrogen and oxygen atoms in total. The van der Waals surface area contributed by atoms with Gasteiger partial charge >= 0.3 is 0 Å². The van der Waals surface area contributed by atoms with Crippen LogP contribution in [0.25, 0.3) is 0 Å². The smallest absolute Gasteiger partial charge is 0.214 e. The molecule has 0 spiro atoms. The second-order valence-corrected chi connectivity index (χ2v) is 5.48. The van der Waals surface area contributed by atoms with Crippen LogP contribution in [0.2, 0.25) is 0 Å². The van der Waals surface area contributed by atoms with Crippen LogP contribution in [0, 0.1) is 0 Å². The van der Waals surface area contributed by atoms with E-state index >= 15 is 0 Å². The molecule has 5 heteroatoms. The number of sulfonamides is 1. The molecule has 1 unspecified atom stereocenters. The Balaban J connectivity index is 2.56. The molecule has 0 aromatic rings. The molecular formula is C8H16FNO2S. The molecule has 1 atom stereocenters. The average molecular weight is 209 g/mol. The van der Waals surface area contributed by atoms with Crippen molar-refractivity contribution in [2.24, 2.45) is 0 Å². The van der Waals surface area contributed by atoms with Crippen LogP contribution in [0.1, 0.15) is 26.2 Å². The van der Waals surface area contributed by atoms with Crippen molar-refractivity contribution in [3.8, 4) is 0 Å². The van der Waals surface area contributed by atoms with Crippen molar-refractivity contribution in [1.82, 2.24) is 4.31 Å². The van der Waals surface area contributed by atoms with E-state index < -0.39 is 16.2 Å². The van der Waals surface area contributed by atoms with Crippen LogP contribution in [-0.4, -0.2) is 37.7 Å². The summed E-state index contributed by atoms with van der Waals surface area (Å²) in [6.45, 7) is 2.25. The lowest BCUT2D eigenvalue weighted by molar-refractivity contribution is 0.249. The van der Waals surface area contributed by atoms with Crippen molar-refractivity contribution in [1.29, 1.82) is 0 Å². The first-order valence-corrected chi connectivity index (χ1v) is 6.29. The third-order valence-corrected chi connectivity index (χ3v) is 4.22. The van der Waals surface area contributed by atoms with Gasteiger partial charge in [0.25, 0.3) is 0 Å². The molecule has 1 fully saturated rings. The van der Waals surface area contributed by atoms with Crippen molar-refractivity contribution in [3.63, 3.8) is 0 Å². The van der Waals surface area contributed by atoms with Gasteiger partial charge in [0.2, 0.25) is 10.0 Å². The van der Waals surface area contributed by atoms with Crippen LogP contribution in [0.5, 0.6) is 0 Å². The molecule has 0 bridgehead atoms. The highest BCUT2D eigenvalue weighted by atomic mass is 32.2. The van der Waals surface area contributed by atoms with Gasteiger partial charge in [-0.05, 0) is 19.3 Å². The summed E-state index contributed by atoms with van der Waals surface area (Å²) >= 11 is 0. The number of halogens is 1. The first-order valence-electron chi connectivity index (χ1n) is 4.68. The SMILES string of the molecule is CCC(F)CN1CCCCS1(=O)=O. The van der Waals surface area contributed by atoms with Gasteiger partial charge in [-0.3, -0.25) is 0 Å². The lowest BCUT2D eigenvalue weighted by atomic mass is 10.3. The monoisotopic (exact) mass is 209 g/mol. The molecule has 1 rings (SSSR count). The number of rotatable bonds is 3. The number of hydrogen-bond acceptors (Lipinski definition) is 2. The molecule has 0 amide bonds. The number of nitrogens with zero attached hydrogens (tertiary/aromatic N) is 1. The molecule has 13 heavy (non-hydrogen) atoms. The Labute approximate surface area is 79.0 Å². The van der Waals surface area contributed by atoms with Gasteiger partial charge in [0.1, 0.15) is 6.17 Å². The lowest BCUT2D eigenvalue weighted by Gasteiger charge is -2.27. The summed E-state index contributed by atoms with van der Waals surface area (Å²) in [5, 5.41) is 0. The van der Waals surface area contributed by atoms with Crippen LogP contribution < -0.4 is 0 Å². The topological polar surface area (TPSA) is 37.4 Å². The number of hydrogen-bond donors (Lipinski definition) is 0. The molecule has 1 heterocycles. The van der Waals surface area contributed by atoms with E-state index in [0.29, 0.717) is 19.4 Å². The van der Waals surface area contributed by atoms with Gasteiger partial charge in [-0.15, -0.1) is 0 Å². The highest BCUT2D eigenvalue weighted by Crippen LogP contribution is 2.15. The highest BCUT2D eigenvalue weighted by Gasteiger charge is 2.27. The van der Waals surface area contributed by atoms with E-state index in [1.165, 1.54) is 4.31 Å². The maximum absolute atomic E-state index is 13.0. The Morgan fingerprint density at radius 2 is 2.15 bits per heavy atom. The van der Waals surface area contributed by atoms with Crippen LogP contribution in [0.15, 0.2) is 0 Å². The van der Waals surface area contributed by atoms with Crippen molar-refractivity contribution < 1.29 is 12.8 Å². The molecular weight excluding hydrogens is 193 g/mol. The number of alkyl halides is 1. The molecule has 0 saturated carbocycles. The summed E-state index contributed by atoms with van der Waals surface area (Å²) in [5.41, 5.74) is 0. The fraction of sp³-hybridized carbons (Fsp3) is 1.00. The van der Waals surface area contributed by atoms with E-state index in [1.807, 2.05) is 0 Å². The van der Waals surface area contributed by atoms with Crippen molar-refractivity contribution in [2.45, 2.75) is 32.4 Å². The van der Waals surface area contributed by atoms with E-state index in [9.17, 15) is 12.8 Å². The van der Waals surface area contributed by atoms with Crippen LogP contribution >= 0.6 is 0 Å². The minimum Gasteiger partial charge on any atom is -0.246 e. The molecule has 0 aromatic heterocycles. The fourth-order valence-electron chi connectivity index (χ4n) is 1.40. The van der Waals surface area contributed by atoms with E-state index in [2.05, 4.69) is 0 Å². The predicted molar refractivity (Wildman–Crippen MR) is 49.8 cm³/mol. The second kappa shape index (κ2) is 4.37. The van der Waals surface area contributed by atoms with Crippen LogP contribution in [0.3, 0.4) is 0 Å². The first kappa shape index (κ1) is 10.9. The van der Waals surface area contributed by atoms with E-state index in [4.69, 9.17) is 0 Å². The van der Waals surface area contributed by atoms with Gasteiger partial charge < -0.3 is 0 Å². The van der Waals surface area contributed by atoms with E-state index in [-0.39, 0.29) is 12.3 Å². The fourth-order valence-corrected chi connectivity index (χ4v) is 3.02. The van der Waals surface area contributed by atoms with Gasteiger partial charge in [0.15, 0.2) is 0 Å². The summed E-state index contributed by atoms with van der Waals surface area (Å²) < 4.78 is 37.0. The first-order chi connectivity index (χ1) is 6.06. The second-order valence-electron chi connectivity index (χ2n) is 3.39. The molecule has 0 aliphatic carbocycles. The predicted octanol–water partition coefficient (Wildman–Crippen LogP) is 1.16. The Kier molecular flexibility index (Phi) is 3.67. The Morgan fingerprint density at radius 1 is 1.46 bits per heavy atom. The zero-order chi connectivity index (χ0) is 9.90. The van der Waals surface area contributed by atoms with Gasteiger partial charge in [-0.2, -0.15) is 4.31 Å².